The number of thiazole rings is 1. The number of ether oxygens (including phenoxy) is 1. The number of methoxy groups -OCH3 is 1. The lowest BCUT2D eigenvalue weighted by Gasteiger charge is -2.35. The van der Waals surface area contributed by atoms with Gasteiger partial charge in [0.1, 0.15) is 0 Å². The van der Waals surface area contributed by atoms with Crippen molar-refractivity contribution >= 4 is 11.3 Å². The van der Waals surface area contributed by atoms with Crippen LogP contribution in [0, 0.1) is 6.92 Å². The van der Waals surface area contributed by atoms with E-state index in [9.17, 15) is 0 Å². The van der Waals surface area contributed by atoms with Gasteiger partial charge in [0, 0.05) is 43.9 Å². The maximum Gasteiger partial charge on any atom is 0.0897 e. The molecule has 2 rings (SSSR count). The van der Waals surface area contributed by atoms with Crippen molar-refractivity contribution in [1.29, 1.82) is 0 Å². The summed E-state index contributed by atoms with van der Waals surface area (Å²) in [5.41, 5.74) is 0. The van der Waals surface area contributed by atoms with Crippen molar-refractivity contribution in [2.45, 2.75) is 38.8 Å². The fourth-order valence-corrected chi connectivity index (χ4v) is 3.44. The molecule has 0 spiro atoms. The molecule has 0 aliphatic carbocycles. The van der Waals surface area contributed by atoms with E-state index in [1.54, 1.807) is 7.11 Å². The van der Waals surface area contributed by atoms with E-state index < -0.39 is 0 Å². The summed E-state index contributed by atoms with van der Waals surface area (Å²) in [6, 6.07) is 0.660. The van der Waals surface area contributed by atoms with Gasteiger partial charge in [0.05, 0.1) is 11.6 Å². The number of rotatable bonds is 7. The van der Waals surface area contributed by atoms with Gasteiger partial charge in [-0.05, 0) is 26.3 Å². The van der Waals surface area contributed by atoms with Gasteiger partial charge in [-0.2, -0.15) is 0 Å². The van der Waals surface area contributed by atoms with Crippen molar-refractivity contribution in [1.82, 2.24) is 15.2 Å². The highest BCUT2D eigenvalue weighted by Gasteiger charge is 2.22. The molecule has 0 bridgehead atoms. The Hall–Kier alpha value is -0.490. The second kappa shape index (κ2) is 7.94. The average molecular weight is 283 g/mol. The Morgan fingerprint density at radius 3 is 3.16 bits per heavy atom. The Bertz CT molecular complexity index is 369. The third-order valence-electron chi connectivity index (χ3n) is 3.64. The molecular formula is C14H25N3OS. The average Bonchev–Trinajstić information content (AvgIpc) is 2.82. The molecule has 1 aromatic heterocycles. The minimum atomic E-state index is 0.660. The van der Waals surface area contributed by atoms with Gasteiger partial charge in [0.15, 0.2) is 0 Å². The van der Waals surface area contributed by atoms with Crippen LogP contribution >= 0.6 is 11.3 Å². The van der Waals surface area contributed by atoms with Crippen LogP contribution in [-0.4, -0.2) is 49.3 Å². The van der Waals surface area contributed by atoms with E-state index in [1.165, 1.54) is 35.7 Å². The molecule has 0 aromatic carbocycles. The first-order valence-corrected chi connectivity index (χ1v) is 7.96. The quantitative estimate of drug-likeness (QED) is 0.777. The molecule has 1 aliphatic rings. The molecule has 2 heterocycles. The molecule has 1 aliphatic heterocycles. The zero-order chi connectivity index (χ0) is 13.5. The smallest absolute Gasteiger partial charge is 0.0897 e. The summed E-state index contributed by atoms with van der Waals surface area (Å²) in [6.07, 6.45) is 6.02. The topological polar surface area (TPSA) is 37.4 Å². The molecule has 0 radical (unpaired) electrons. The van der Waals surface area contributed by atoms with Gasteiger partial charge in [0.25, 0.3) is 0 Å². The number of piperidine rings is 1. The van der Waals surface area contributed by atoms with Crippen LogP contribution in [0.2, 0.25) is 0 Å². The van der Waals surface area contributed by atoms with Crippen molar-refractivity contribution in [2.75, 3.05) is 33.4 Å². The first kappa shape index (κ1) is 14.9. The fourth-order valence-electron chi connectivity index (χ4n) is 2.62. The number of aryl methyl sites for hydroxylation is 1. The highest BCUT2D eigenvalue weighted by atomic mass is 32.1. The second-order valence-corrected chi connectivity index (χ2v) is 6.48. The molecule has 1 aromatic rings. The lowest BCUT2D eigenvalue weighted by Crippen LogP contribution is -2.45. The monoisotopic (exact) mass is 283 g/mol. The van der Waals surface area contributed by atoms with Crippen molar-refractivity contribution < 1.29 is 4.74 Å². The zero-order valence-corrected chi connectivity index (χ0v) is 12.8. The Kier molecular flexibility index (Phi) is 6.23. The summed E-state index contributed by atoms with van der Waals surface area (Å²) in [4.78, 5) is 8.35. The van der Waals surface area contributed by atoms with Gasteiger partial charge in [0.2, 0.25) is 0 Å². The van der Waals surface area contributed by atoms with Crippen LogP contribution in [0.5, 0.6) is 0 Å². The van der Waals surface area contributed by atoms with Gasteiger partial charge in [-0.1, -0.05) is 6.42 Å². The summed E-state index contributed by atoms with van der Waals surface area (Å²) in [5, 5.41) is 4.67. The predicted octanol–water partition coefficient (Wildman–Crippen LogP) is 2.04. The number of nitrogens with one attached hydrogen (secondary N) is 1. The lowest BCUT2D eigenvalue weighted by molar-refractivity contribution is 0.134. The maximum absolute atomic E-state index is 5.07. The first-order chi connectivity index (χ1) is 9.29. The van der Waals surface area contributed by atoms with Crippen LogP contribution in [0.25, 0.3) is 0 Å². The Morgan fingerprint density at radius 2 is 2.42 bits per heavy atom. The highest BCUT2D eigenvalue weighted by molar-refractivity contribution is 7.11. The molecule has 1 saturated heterocycles. The van der Waals surface area contributed by atoms with E-state index in [4.69, 9.17) is 4.74 Å². The molecule has 1 N–H and O–H groups in total. The van der Waals surface area contributed by atoms with Crippen LogP contribution in [0.3, 0.4) is 0 Å². The minimum Gasteiger partial charge on any atom is -0.383 e. The van der Waals surface area contributed by atoms with Gasteiger partial charge in [-0.3, -0.25) is 4.90 Å². The third-order valence-corrected chi connectivity index (χ3v) is 4.54. The summed E-state index contributed by atoms with van der Waals surface area (Å²) < 4.78 is 5.07. The van der Waals surface area contributed by atoms with Crippen LogP contribution in [-0.2, 0) is 11.3 Å². The maximum atomic E-state index is 5.07. The van der Waals surface area contributed by atoms with Gasteiger partial charge < -0.3 is 10.1 Å². The molecule has 19 heavy (non-hydrogen) atoms. The summed E-state index contributed by atoms with van der Waals surface area (Å²) in [5.74, 6) is 0. The van der Waals surface area contributed by atoms with Crippen LogP contribution in [0.1, 0.15) is 29.1 Å². The number of hydrogen-bond acceptors (Lipinski definition) is 5. The second-order valence-electron chi connectivity index (χ2n) is 5.16. The van der Waals surface area contributed by atoms with Gasteiger partial charge >= 0.3 is 0 Å². The van der Waals surface area contributed by atoms with Crippen LogP contribution in [0.4, 0.5) is 0 Å². The zero-order valence-electron chi connectivity index (χ0n) is 12.0. The normalized spacial score (nSPS) is 20.8. The van der Waals surface area contributed by atoms with Crippen molar-refractivity contribution in [3.05, 3.63) is 16.1 Å². The van der Waals surface area contributed by atoms with E-state index in [-0.39, 0.29) is 0 Å². The van der Waals surface area contributed by atoms with E-state index >= 15 is 0 Å². The number of hydrogen-bond donors (Lipinski definition) is 1. The standard InChI is InChI=1S/C14H25N3OS/c1-12-16-10-14(19-12)11-17-7-4-3-5-13(17)9-15-6-8-18-2/h10,13,15H,3-9,11H2,1-2H3. The molecule has 1 fully saturated rings. The molecular weight excluding hydrogens is 258 g/mol. The van der Waals surface area contributed by atoms with E-state index in [0.29, 0.717) is 6.04 Å². The molecule has 0 amide bonds. The summed E-state index contributed by atoms with van der Waals surface area (Å²) in [6.45, 7) is 7.16. The Labute approximate surface area is 120 Å². The van der Waals surface area contributed by atoms with Gasteiger partial charge in [-0.25, -0.2) is 4.98 Å². The highest BCUT2D eigenvalue weighted by Crippen LogP contribution is 2.21. The third kappa shape index (κ3) is 4.84. The molecule has 4 nitrogen and oxygen atoms in total. The van der Waals surface area contributed by atoms with Crippen LogP contribution in [0.15, 0.2) is 6.20 Å². The fraction of sp³-hybridized carbons (Fsp3) is 0.786. The van der Waals surface area contributed by atoms with Crippen molar-refractivity contribution in [3.63, 3.8) is 0 Å². The van der Waals surface area contributed by atoms with Crippen molar-refractivity contribution in [2.24, 2.45) is 0 Å². The first-order valence-electron chi connectivity index (χ1n) is 7.14. The largest absolute Gasteiger partial charge is 0.383 e. The molecule has 1 atom stereocenters. The van der Waals surface area contributed by atoms with E-state index in [1.807, 2.05) is 17.5 Å². The SMILES string of the molecule is COCCNCC1CCCCN1Cc1cnc(C)s1. The van der Waals surface area contributed by atoms with Crippen molar-refractivity contribution in [3.8, 4) is 0 Å². The number of likely N-dealkylation sites (tertiary alicyclic amines) is 1. The van der Waals surface area contributed by atoms with E-state index in [0.717, 1.165) is 26.2 Å². The Morgan fingerprint density at radius 1 is 1.53 bits per heavy atom. The predicted molar refractivity (Wildman–Crippen MR) is 79.6 cm³/mol. The summed E-state index contributed by atoms with van der Waals surface area (Å²) in [7, 11) is 1.75. The molecule has 108 valence electrons. The number of aromatic nitrogens is 1. The molecule has 5 heteroatoms. The summed E-state index contributed by atoms with van der Waals surface area (Å²) >= 11 is 1.82. The van der Waals surface area contributed by atoms with E-state index in [2.05, 4.69) is 22.1 Å². The van der Waals surface area contributed by atoms with Gasteiger partial charge in [-0.15, -0.1) is 11.3 Å². The lowest BCUT2D eigenvalue weighted by atomic mass is 10.0. The minimum absolute atomic E-state index is 0.660. The Balaban J connectivity index is 1.81. The number of nitrogens with zero attached hydrogens (tertiary/aromatic N) is 2. The molecule has 0 saturated carbocycles. The van der Waals surface area contributed by atoms with Crippen LogP contribution < -0.4 is 5.32 Å². The molecule has 1 unspecified atom stereocenters.